The zero-order chi connectivity index (χ0) is 11.0. The summed E-state index contributed by atoms with van der Waals surface area (Å²) in [6, 6.07) is 1.74. The van der Waals surface area contributed by atoms with Gasteiger partial charge in [-0.05, 0) is 41.5 Å². The van der Waals surface area contributed by atoms with Crippen LogP contribution in [0.2, 0.25) is 0 Å². The van der Waals surface area contributed by atoms with Gasteiger partial charge in [0.25, 0.3) is 0 Å². The molecular weight excluding hydrogens is 174 g/mol. The Bertz CT molecular complexity index is 201. The molecule has 0 aromatic carbocycles. The molecule has 0 saturated carbocycles. The van der Waals surface area contributed by atoms with Crippen molar-refractivity contribution in [1.29, 1.82) is 5.41 Å². The standard InChI is InChI=1S/C11H23N3/c1-7(2)13-9(5)10(6)14(8(3)4)11(13)12/h7-10,12H,1-6H3. The summed E-state index contributed by atoms with van der Waals surface area (Å²) in [6.45, 7) is 13.0. The lowest BCUT2D eigenvalue weighted by Crippen LogP contribution is -2.41. The Morgan fingerprint density at radius 3 is 1.36 bits per heavy atom. The fraction of sp³-hybridized carbons (Fsp3) is 0.909. The van der Waals surface area contributed by atoms with Crippen molar-refractivity contribution in [2.75, 3.05) is 0 Å². The van der Waals surface area contributed by atoms with Crippen LogP contribution in [0.15, 0.2) is 0 Å². The molecule has 1 N–H and O–H groups in total. The van der Waals surface area contributed by atoms with Crippen molar-refractivity contribution in [2.24, 2.45) is 0 Å². The third-order valence-electron chi connectivity index (χ3n) is 3.18. The second-order valence-corrected chi connectivity index (χ2v) is 4.81. The van der Waals surface area contributed by atoms with Gasteiger partial charge in [0.2, 0.25) is 0 Å². The van der Waals surface area contributed by atoms with Gasteiger partial charge in [-0.15, -0.1) is 0 Å². The number of hydrogen-bond donors (Lipinski definition) is 1. The Kier molecular flexibility index (Phi) is 3.07. The first-order chi connectivity index (χ1) is 6.37. The predicted octanol–water partition coefficient (Wildman–Crippen LogP) is 2.13. The van der Waals surface area contributed by atoms with Gasteiger partial charge in [0.15, 0.2) is 5.96 Å². The Hall–Kier alpha value is -0.730. The van der Waals surface area contributed by atoms with Gasteiger partial charge >= 0.3 is 0 Å². The lowest BCUT2D eigenvalue weighted by atomic mass is 10.1. The Morgan fingerprint density at radius 2 is 1.21 bits per heavy atom. The van der Waals surface area contributed by atoms with Crippen LogP contribution in [0.5, 0.6) is 0 Å². The van der Waals surface area contributed by atoms with Gasteiger partial charge in [0.05, 0.1) is 0 Å². The molecule has 0 aliphatic carbocycles. The van der Waals surface area contributed by atoms with E-state index in [2.05, 4.69) is 51.3 Å². The second-order valence-electron chi connectivity index (χ2n) is 4.81. The van der Waals surface area contributed by atoms with Crippen LogP contribution in [0, 0.1) is 5.41 Å². The lowest BCUT2D eigenvalue weighted by molar-refractivity contribution is 0.250. The van der Waals surface area contributed by atoms with Crippen LogP contribution < -0.4 is 0 Å². The molecule has 1 heterocycles. The fourth-order valence-corrected chi connectivity index (χ4v) is 2.41. The fourth-order valence-electron chi connectivity index (χ4n) is 2.41. The topological polar surface area (TPSA) is 30.3 Å². The summed E-state index contributed by atoms with van der Waals surface area (Å²) in [4.78, 5) is 4.40. The molecule has 1 rings (SSSR count). The van der Waals surface area contributed by atoms with Crippen LogP contribution >= 0.6 is 0 Å². The molecule has 0 spiro atoms. The zero-order valence-corrected chi connectivity index (χ0v) is 10.2. The molecule has 82 valence electrons. The third kappa shape index (κ3) is 1.60. The number of nitrogens with one attached hydrogen (secondary N) is 1. The molecule has 1 fully saturated rings. The van der Waals surface area contributed by atoms with Crippen molar-refractivity contribution < 1.29 is 0 Å². The van der Waals surface area contributed by atoms with Crippen molar-refractivity contribution in [1.82, 2.24) is 9.80 Å². The second kappa shape index (κ2) is 3.79. The first-order valence-corrected chi connectivity index (χ1v) is 5.53. The quantitative estimate of drug-likeness (QED) is 0.735. The summed E-state index contributed by atoms with van der Waals surface area (Å²) in [6.07, 6.45) is 0. The van der Waals surface area contributed by atoms with E-state index in [1.54, 1.807) is 0 Å². The minimum atomic E-state index is 0.420. The van der Waals surface area contributed by atoms with Crippen molar-refractivity contribution >= 4 is 5.96 Å². The minimum Gasteiger partial charge on any atom is -0.336 e. The van der Waals surface area contributed by atoms with Crippen LogP contribution in [0.4, 0.5) is 0 Å². The van der Waals surface area contributed by atoms with Crippen LogP contribution in [-0.2, 0) is 0 Å². The third-order valence-corrected chi connectivity index (χ3v) is 3.18. The predicted molar refractivity (Wildman–Crippen MR) is 60.6 cm³/mol. The average Bonchev–Trinajstić information content (AvgIpc) is 2.23. The molecular formula is C11H23N3. The Morgan fingerprint density at radius 1 is 0.929 bits per heavy atom. The first kappa shape index (κ1) is 11.3. The highest BCUT2D eigenvalue weighted by Gasteiger charge is 2.40. The lowest BCUT2D eigenvalue weighted by Gasteiger charge is -2.28. The van der Waals surface area contributed by atoms with Crippen molar-refractivity contribution in [3.63, 3.8) is 0 Å². The molecule has 1 aliphatic rings. The van der Waals surface area contributed by atoms with E-state index in [1.807, 2.05) is 0 Å². The van der Waals surface area contributed by atoms with Gasteiger partial charge < -0.3 is 9.80 Å². The monoisotopic (exact) mass is 197 g/mol. The zero-order valence-electron chi connectivity index (χ0n) is 10.2. The van der Waals surface area contributed by atoms with E-state index in [0.717, 1.165) is 0 Å². The Labute approximate surface area is 87.6 Å². The number of rotatable bonds is 2. The minimum absolute atomic E-state index is 0.420. The van der Waals surface area contributed by atoms with Crippen LogP contribution in [0.3, 0.4) is 0 Å². The molecule has 2 atom stereocenters. The van der Waals surface area contributed by atoms with E-state index in [4.69, 9.17) is 5.41 Å². The maximum Gasteiger partial charge on any atom is 0.194 e. The molecule has 14 heavy (non-hydrogen) atoms. The summed E-state index contributed by atoms with van der Waals surface area (Å²) in [5, 5.41) is 8.14. The summed E-state index contributed by atoms with van der Waals surface area (Å²) >= 11 is 0. The van der Waals surface area contributed by atoms with E-state index < -0.39 is 0 Å². The summed E-state index contributed by atoms with van der Waals surface area (Å²) in [7, 11) is 0. The maximum absolute atomic E-state index is 8.14. The summed E-state index contributed by atoms with van der Waals surface area (Å²) in [5.74, 6) is 0.690. The number of nitrogens with zero attached hydrogens (tertiary/aromatic N) is 2. The highest BCUT2D eigenvalue weighted by atomic mass is 15.5. The average molecular weight is 197 g/mol. The molecule has 0 bridgehead atoms. The first-order valence-electron chi connectivity index (χ1n) is 5.53. The smallest absolute Gasteiger partial charge is 0.194 e. The SMILES string of the molecule is CC(C)N1C(=N)N(C(C)C)C(C)C1C. The molecule has 1 aliphatic heterocycles. The molecule has 0 amide bonds. The van der Waals surface area contributed by atoms with Gasteiger partial charge in [-0.25, -0.2) is 0 Å². The number of hydrogen-bond acceptors (Lipinski definition) is 1. The highest BCUT2D eigenvalue weighted by molar-refractivity contribution is 5.80. The maximum atomic E-state index is 8.14. The normalized spacial score (nSPS) is 28.4. The van der Waals surface area contributed by atoms with E-state index in [9.17, 15) is 0 Å². The van der Waals surface area contributed by atoms with Crippen LogP contribution in [0.25, 0.3) is 0 Å². The molecule has 0 radical (unpaired) electrons. The van der Waals surface area contributed by atoms with Crippen LogP contribution in [0.1, 0.15) is 41.5 Å². The van der Waals surface area contributed by atoms with Gasteiger partial charge in [-0.1, -0.05) is 0 Å². The molecule has 3 heteroatoms. The molecule has 2 unspecified atom stereocenters. The van der Waals surface area contributed by atoms with E-state index in [1.165, 1.54) is 0 Å². The molecule has 3 nitrogen and oxygen atoms in total. The van der Waals surface area contributed by atoms with Crippen molar-refractivity contribution in [2.45, 2.75) is 65.7 Å². The molecule has 1 saturated heterocycles. The Balaban J connectivity index is 2.91. The van der Waals surface area contributed by atoms with Gasteiger partial charge in [-0.2, -0.15) is 0 Å². The van der Waals surface area contributed by atoms with Gasteiger partial charge in [0.1, 0.15) is 0 Å². The van der Waals surface area contributed by atoms with Crippen LogP contribution in [-0.4, -0.2) is 39.9 Å². The van der Waals surface area contributed by atoms with Crippen molar-refractivity contribution in [3.8, 4) is 0 Å². The number of guanidine groups is 1. The summed E-state index contributed by atoms with van der Waals surface area (Å²) in [5.41, 5.74) is 0. The van der Waals surface area contributed by atoms with E-state index in [-0.39, 0.29) is 0 Å². The summed E-state index contributed by atoms with van der Waals surface area (Å²) < 4.78 is 0. The molecule has 0 aromatic rings. The highest BCUT2D eigenvalue weighted by Crippen LogP contribution is 2.25. The van der Waals surface area contributed by atoms with Gasteiger partial charge in [-0.3, -0.25) is 5.41 Å². The van der Waals surface area contributed by atoms with E-state index >= 15 is 0 Å². The van der Waals surface area contributed by atoms with E-state index in [0.29, 0.717) is 30.1 Å². The largest absolute Gasteiger partial charge is 0.336 e. The van der Waals surface area contributed by atoms with Gasteiger partial charge in [0, 0.05) is 24.2 Å². The van der Waals surface area contributed by atoms with Crippen molar-refractivity contribution in [3.05, 3.63) is 0 Å². The molecule has 0 aromatic heterocycles.